The molecule has 1 atom stereocenters. The molecule has 1 N–H and O–H groups in total. The van der Waals surface area contributed by atoms with Crippen LogP contribution >= 0.6 is 0 Å². The maximum absolute atomic E-state index is 12.3. The van der Waals surface area contributed by atoms with Crippen molar-refractivity contribution >= 4 is 6.09 Å². The zero-order chi connectivity index (χ0) is 17.1. The van der Waals surface area contributed by atoms with E-state index in [1.54, 1.807) is 6.92 Å². The molecule has 2 aromatic rings. The zero-order valence-electron chi connectivity index (χ0n) is 14.1. The molecule has 0 unspecified atom stereocenters. The van der Waals surface area contributed by atoms with Crippen LogP contribution in [0.4, 0.5) is 4.79 Å². The lowest BCUT2D eigenvalue weighted by molar-refractivity contribution is 0.0783. The maximum Gasteiger partial charge on any atom is 0.409 e. The summed E-state index contributed by atoms with van der Waals surface area (Å²) in [5.74, 6) is 0.0617. The van der Waals surface area contributed by atoms with Crippen molar-refractivity contribution in [3.63, 3.8) is 0 Å². The summed E-state index contributed by atoms with van der Waals surface area (Å²) in [5.41, 5.74) is 4.83. The lowest BCUT2D eigenvalue weighted by atomic mass is 9.98. The Morgan fingerprint density at radius 2 is 1.67 bits per heavy atom. The molecule has 0 heterocycles. The number of fused-ring (bicyclic) bond motifs is 3. The van der Waals surface area contributed by atoms with Gasteiger partial charge in [-0.25, -0.2) is 4.79 Å². The second kappa shape index (κ2) is 7.05. The Morgan fingerprint density at radius 3 is 2.17 bits per heavy atom. The first-order valence-electron chi connectivity index (χ1n) is 8.39. The summed E-state index contributed by atoms with van der Waals surface area (Å²) in [4.78, 5) is 13.8. The molecule has 1 aliphatic rings. The lowest BCUT2D eigenvalue weighted by Gasteiger charge is -2.23. The molecule has 0 spiro atoms. The second-order valence-electron chi connectivity index (χ2n) is 6.19. The number of benzene rings is 2. The molecular formula is C20H23NO3. The molecule has 1 aliphatic carbocycles. The molecule has 2 aromatic carbocycles. The molecule has 0 saturated carbocycles. The summed E-state index contributed by atoms with van der Waals surface area (Å²) in [6.07, 6.45) is -0.939. The SMILES string of the molecule is CCN(C[C@@H](C)O)C(=O)OCC1c2ccccc2-c2ccccc21. The molecule has 4 heteroatoms. The monoisotopic (exact) mass is 325 g/mol. The van der Waals surface area contributed by atoms with E-state index in [0.717, 1.165) is 0 Å². The van der Waals surface area contributed by atoms with Crippen LogP contribution in [-0.2, 0) is 4.74 Å². The van der Waals surface area contributed by atoms with E-state index in [4.69, 9.17) is 4.74 Å². The summed E-state index contributed by atoms with van der Waals surface area (Å²) in [7, 11) is 0. The van der Waals surface area contributed by atoms with Gasteiger partial charge >= 0.3 is 6.09 Å². The van der Waals surface area contributed by atoms with Crippen LogP contribution in [0.3, 0.4) is 0 Å². The highest BCUT2D eigenvalue weighted by Crippen LogP contribution is 2.44. The fourth-order valence-corrected chi connectivity index (χ4v) is 3.34. The van der Waals surface area contributed by atoms with Gasteiger partial charge in [0.05, 0.1) is 6.10 Å². The minimum atomic E-state index is -0.564. The number of hydrogen-bond donors (Lipinski definition) is 1. The van der Waals surface area contributed by atoms with Crippen molar-refractivity contribution in [3.8, 4) is 11.1 Å². The van der Waals surface area contributed by atoms with Crippen LogP contribution < -0.4 is 0 Å². The average Bonchev–Trinajstić information content (AvgIpc) is 2.91. The Balaban J connectivity index is 1.77. The highest BCUT2D eigenvalue weighted by atomic mass is 16.6. The predicted molar refractivity (Wildman–Crippen MR) is 94.0 cm³/mol. The number of likely N-dealkylation sites (N-methyl/N-ethyl adjacent to an activating group) is 1. The van der Waals surface area contributed by atoms with Crippen LogP contribution in [-0.4, -0.2) is 41.9 Å². The number of amides is 1. The number of carbonyl (C=O) groups excluding carboxylic acids is 1. The van der Waals surface area contributed by atoms with Crippen molar-refractivity contribution in [2.24, 2.45) is 0 Å². The minimum Gasteiger partial charge on any atom is -0.448 e. The summed E-state index contributed by atoms with van der Waals surface area (Å²) in [6, 6.07) is 16.5. The van der Waals surface area contributed by atoms with Crippen molar-refractivity contribution in [1.82, 2.24) is 4.90 Å². The van der Waals surface area contributed by atoms with Gasteiger partial charge in [-0.1, -0.05) is 48.5 Å². The Kier molecular flexibility index (Phi) is 4.86. The summed E-state index contributed by atoms with van der Waals surface area (Å²) >= 11 is 0. The molecule has 1 amide bonds. The van der Waals surface area contributed by atoms with Crippen molar-refractivity contribution in [2.45, 2.75) is 25.9 Å². The van der Waals surface area contributed by atoms with Crippen molar-refractivity contribution in [1.29, 1.82) is 0 Å². The third-order valence-electron chi connectivity index (χ3n) is 4.46. The van der Waals surface area contributed by atoms with E-state index in [0.29, 0.717) is 13.2 Å². The van der Waals surface area contributed by atoms with E-state index in [1.165, 1.54) is 27.2 Å². The number of rotatable bonds is 5. The average molecular weight is 325 g/mol. The molecule has 0 bridgehead atoms. The van der Waals surface area contributed by atoms with E-state index < -0.39 is 6.10 Å². The molecule has 126 valence electrons. The van der Waals surface area contributed by atoms with Gasteiger partial charge < -0.3 is 14.7 Å². The second-order valence-corrected chi connectivity index (χ2v) is 6.19. The van der Waals surface area contributed by atoms with Crippen LogP contribution in [0.25, 0.3) is 11.1 Å². The van der Waals surface area contributed by atoms with Crippen LogP contribution in [0.15, 0.2) is 48.5 Å². The fourth-order valence-electron chi connectivity index (χ4n) is 3.34. The smallest absolute Gasteiger partial charge is 0.409 e. The number of aliphatic hydroxyl groups is 1. The zero-order valence-corrected chi connectivity index (χ0v) is 14.1. The Morgan fingerprint density at radius 1 is 1.12 bits per heavy atom. The quantitative estimate of drug-likeness (QED) is 0.913. The number of aliphatic hydroxyl groups excluding tert-OH is 1. The van der Waals surface area contributed by atoms with Gasteiger partial charge in [0.15, 0.2) is 0 Å². The molecular weight excluding hydrogens is 302 g/mol. The fraction of sp³-hybridized carbons (Fsp3) is 0.350. The first-order valence-corrected chi connectivity index (χ1v) is 8.39. The van der Waals surface area contributed by atoms with E-state index in [1.807, 2.05) is 31.2 Å². The number of ether oxygens (including phenoxy) is 1. The number of carbonyl (C=O) groups is 1. The van der Waals surface area contributed by atoms with Gasteiger partial charge in [-0.05, 0) is 36.1 Å². The molecule has 4 nitrogen and oxygen atoms in total. The summed E-state index contributed by atoms with van der Waals surface area (Å²) in [6.45, 7) is 4.65. The Bertz CT molecular complexity index is 681. The van der Waals surface area contributed by atoms with Crippen LogP contribution in [0.5, 0.6) is 0 Å². The van der Waals surface area contributed by atoms with Gasteiger partial charge in [-0.15, -0.1) is 0 Å². The molecule has 0 fully saturated rings. The third kappa shape index (κ3) is 3.15. The van der Waals surface area contributed by atoms with E-state index in [9.17, 15) is 9.90 Å². The van der Waals surface area contributed by atoms with E-state index >= 15 is 0 Å². The first kappa shape index (κ1) is 16.5. The van der Waals surface area contributed by atoms with Crippen LogP contribution in [0.1, 0.15) is 30.9 Å². The molecule has 24 heavy (non-hydrogen) atoms. The first-order chi connectivity index (χ1) is 11.6. The predicted octanol–water partition coefficient (Wildman–Crippen LogP) is 3.64. The van der Waals surface area contributed by atoms with Gasteiger partial charge in [0.1, 0.15) is 6.61 Å². The van der Waals surface area contributed by atoms with Gasteiger partial charge in [0, 0.05) is 19.0 Å². The van der Waals surface area contributed by atoms with Crippen molar-refractivity contribution in [3.05, 3.63) is 59.7 Å². The van der Waals surface area contributed by atoms with E-state index in [-0.39, 0.29) is 18.6 Å². The largest absolute Gasteiger partial charge is 0.448 e. The van der Waals surface area contributed by atoms with Gasteiger partial charge in [-0.2, -0.15) is 0 Å². The van der Waals surface area contributed by atoms with Crippen molar-refractivity contribution in [2.75, 3.05) is 19.7 Å². The maximum atomic E-state index is 12.3. The molecule has 3 rings (SSSR count). The van der Waals surface area contributed by atoms with Crippen molar-refractivity contribution < 1.29 is 14.6 Å². The van der Waals surface area contributed by atoms with Crippen LogP contribution in [0.2, 0.25) is 0 Å². The van der Waals surface area contributed by atoms with Crippen LogP contribution in [0, 0.1) is 0 Å². The van der Waals surface area contributed by atoms with Gasteiger partial charge in [0.25, 0.3) is 0 Å². The third-order valence-corrected chi connectivity index (χ3v) is 4.46. The summed E-state index contributed by atoms with van der Waals surface area (Å²) < 4.78 is 5.57. The number of nitrogens with zero attached hydrogens (tertiary/aromatic N) is 1. The summed E-state index contributed by atoms with van der Waals surface area (Å²) in [5, 5.41) is 9.49. The van der Waals surface area contributed by atoms with Gasteiger partial charge in [0.2, 0.25) is 0 Å². The Hall–Kier alpha value is -2.33. The normalized spacial score (nSPS) is 14.0. The molecule has 0 aromatic heterocycles. The lowest BCUT2D eigenvalue weighted by Crippen LogP contribution is -2.37. The molecule has 0 saturated heterocycles. The van der Waals surface area contributed by atoms with E-state index in [2.05, 4.69) is 24.3 Å². The Labute approximate surface area is 142 Å². The molecule has 0 aliphatic heterocycles. The standard InChI is InChI=1S/C20H23NO3/c1-3-21(12-14(2)22)20(23)24-13-19-17-10-6-4-8-15(17)16-9-5-7-11-18(16)19/h4-11,14,19,22H,3,12-13H2,1-2H3/t14-/m1/s1. The highest BCUT2D eigenvalue weighted by Gasteiger charge is 2.29. The molecule has 0 radical (unpaired) electrons. The van der Waals surface area contributed by atoms with Gasteiger partial charge in [-0.3, -0.25) is 0 Å². The topological polar surface area (TPSA) is 49.8 Å². The number of hydrogen-bond acceptors (Lipinski definition) is 3. The highest BCUT2D eigenvalue weighted by molar-refractivity contribution is 5.79. The minimum absolute atomic E-state index is 0.0617.